The number of aromatic nitrogens is 5. The monoisotopic (exact) mass is 867 g/mol. The smallest absolute Gasteiger partial charge is 0.164 e. The highest BCUT2D eigenvalue weighted by molar-refractivity contribution is 5.94. The third-order valence-corrected chi connectivity index (χ3v) is 12.6. The van der Waals surface area contributed by atoms with E-state index >= 15 is 0 Å². The molecule has 5 nitrogen and oxygen atoms in total. The standard InChI is InChI=1S/C63H41N5/c1-3-11-42(12-4-1)43-17-19-44(20-18-43)45-21-23-47(24-22-45)62-66-61(46-13-5-2-6-14-46)67-63(68-62)58-40-56(52-27-25-50-37-54(31-29-48(50)35-52)59-15-7-9-33-64-59)39-57(41-58)53-28-26-51-38-55(32-30-49(51)36-53)60-16-8-10-34-65-60/h1-41H. The molecule has 0 bridgehead atoms. The molecule has 3 heterocycles. The Labute approximate surface area is 394 Å². The van der Waals surface area contributed by atoms with Crippen molar-refractivity contribution in [1.29, 1.82) is 0 Å². The molecule has 12 aromatic rings. The van der Waals surface area contributed by atoms with E-state index in [2.05, 4.69) is 186 Å². The van der Waals surface area contributed by atoms with Crippen molar-refractivity contribution in [3.05, 3.63) is 249 Å². The average Bonchev–Trinajstić information content (AvgIpc) is 3.43. The highest BCUT2D eigenvalue weighted by Crippen LogP contribution is 2.37. The maximum atomic E-state index is 5.26. The first kappa shape index (κ1) is 40.3. The van der Waals surface area contributed by atoms with E-state index in [4.69, 9.17) is 15.0 Å². The van der Waals surface area contributed by atoms with Gasteiger partial charge in [-0.05, 0) is 133 Å². The molecule has 0 saturated heterocycles. The second-order valence-corrected chi connectivity index (χ2v) is 17.0. The van der Waals surface area contributed by atoms with Gasteiger partial charge in [-0.3, -0.25) is 9.97 Å². The first-order chi connectivity index (χ1) is 33.6. The normalized spacial score (nSPS) is 11.2. The van der Waals surface area contributed by atoms with Crippen molar-refractivity contribution >= 4 is 21.5 Å². The topological polar surface area (TPSA) is 64.5 Å². The van der Waals surface area contributed by atoms with Crippen LogP contribution in [0.25, 0.3) is 123 Å². The van der Waals surface area contributed by atoms with Crippen LogP contribution in [0.2, 0.25) is 0 Å². The lowest BCUT2D eigenvalue weighted by Gasteiger charge is -2.14. The molecule has 68 heavy (non-hydrogen) atoms. The average molecular weight is 868 g/mol. The van der Waals surface area contributed by atoms with Gasteiger partial charge < -0.3 is 0 Å². The van der Waals surface area contributed by atoms with Gasteiger partial charge in [-0.1, -0.05) is 170 Å². The molecule has 0 saturated carbocycles. The molecule has 0 aliphatic heterocycles. The van der Waals surface area contributed by atoms with Crippen molar-refractivity contribution in [2.45, 2.75) is 0 Å². The van der Waals surface area contributed by atoms with E-state index in [1.165, 1.54) is 11.1 Å². The van der Waals surface area contributed by atoms with Crippen LogP contribution in [0, 0.1) is 0 Å². The molecule has 5 heteroatoms. The molecule has 0 unspecified atom stereocenters. The zero-order valence-electron chi connectivity index (χ0n) is 36.9. The largest absolute Gasteiger partial charge is 0.256 e. The third-order valence-electron chi connectivity index (χ3n) is 12.6. The van der Waals surface area contributed by atoms with Crippen LogP contribution in [0.4, 0.5) is 0 Å². The van der Waals surface area contributed by atoms with Gasteiger partial charge in [-0.15, -0.1) is 0 Å². The molecule has 0 spiro atoms. The van der Waals surface area contributed by atoms with Crippen molar-refractivity contribution in [1.82, 2.24) is 24.9 Å². The van der Waals surface area contributed by atoms with Crippen LogP contribution in [-0.4, -0.2) is 24.9 Å². The Hall–Kier alpha value is -9.19. The summed E-state index contributed by atoms with van der Waals surface area (Å²) in [5, 5.41) is 4.59. The summed E-state index contributed by atoms with van der Waals surface area (Å²) in [6, 6.07) is 83.0. The van der Waals surface area contributed by atoms with Gasteiger partial charge in [0.25, 0.3) is 0 Å². The van der Waals surface area contributed by atoms with Gasteiger partial charge >= 0.3 is 0 Å². The fourth-order valence-corrected chi connectivity index (χ4v) is 8.97. The SMILES string of the molecule is c1ccc(-c2ccc(-c3ccc(-c4nc(-c5ccccc5)nc(-c5cc(-c6ccc7cc(-c8ccccn8)ccc7c6)cc(-c6ccc7cc(-c8ccccn8)ccc7c6)c5)n4)cc3)cc2)cc1. The lowest BCUT2D eigenvalue weighted by Crippen LogP contribution is -2.00. The third kappa shape index (κ3) is 8.21. The summed E-state index contributed by atoms with van der Waals surface area (Å²) in [6.45, 7) is 0. The molecule has 0 N–H and O–H groups in total. The molecule has 0 aliphatic rings. The fourth-order valence-electron chi connectivity index (χ4n) is 8.97. The first-order valence-electron chi connectivity index (χ1n) is 22.8. The predicted molar refractivity (Wildman–Crippen MR) is 279 cm³/mol. The Balaban J connectivity index is 0.968. The van der Waals surface area contributed by atoms with E-state index in [1.807, 2.05) is 73.1 Å². The van der Waals surface area contributed by atoms with Crippen LogP contribution in [0.15, 0.2) is 249 Å². The van der Waals surface area contributed by atoms with Gasteiger partial charge in [0, 0.05) is 40.2 Å². The molecule has 0 aliphatic carbocycles. The summed E-state index contributed by atoms with van der Waals surface area (Å²) in [5.41, 5.74) is 15.8. The van der Waals surface area contributed by atoms with Crippen LogP contribution < -0.4 is 0 Å². The van der Waals surface area contributed by atoms with Crippen LogP contribution in [0.3, 0.4) is 0 Å². The number of benzene rings is 9. The molecule has 318 valence electrons. The summed E-state index contributed by atoms with van der Waals surface area (Å²) >= 11 is 0. The molecule has 3 aromatic heterocycles. The van der Waals surface area contributed by atoms with Crippen LogP contribution >= 0.6 is 0 Å². The first-order valence-corrected chi connectivity index (χ1v) is 22.8. The number of pyridine rings is 2. The molecular formula is C63H41N5. The summed E-state index contributed by atoms with van der Waals surface area (Å²) in [5.74, 6) is 1.82. The zero-order chi connectivity index (χ0) is 45.2. The number of nitrogens with zero attached hydrogens (tertiary/aromatic N) is 5. The fraction of sp³-hybridized carbons (Fsp3) is 0. The predicted octanol–water partition coefficient (Wildman–Crippen LogP) is 16.0. The van der Waals surface area contributed by atoms with Gasteiger partial charge in [0.15, 0.2) is 17.5 Å². The Morgan fingerprint density at radius 1 is 0.191 bits per heavy atom. The van der Waals surface area contributed by atoms with E-state index in [-0.39, 0.29) is 0 Å². The van der Waals surface area contributed by atoms with Crippen molar-refractivity contribution in [3.8, 4) is 101 Å². The minimum Gasteiger partial charge on any atom is -0.256 e. The molecule has 12 rings (SSSR count). The van der Waals surface area contributed by atoms with E-state index in [0.717, 1.165) is 94.1 Å². The minimum absolute atomic E-state index is 0.596. The van der Waals surface area contributed by atoms with Gasteiger partial charge in [-0.25, -0.2) is 15.0 Å². The summed E-state index contributed by atoms with van der Waals surface area (Å²) in [4.78, 5) is 24.8. The number of hydrogen-bond acceptors (Lipinski definition) is 5. The van der Waals surface area contributed by atoms with Gasteiger partial charge in [0.05, 0.1) is 11.4 Å². The van der Waals surface area contributed by atoms with Gasteiger partial charge in [-0.2, -0.15) is 0 Å². The lowest BCUT2D eigenvalue weighted by atomic mass is 9.93. The number of fused-ring (bicyclic) bond motifs is 2. The molecule has 0 atom stereocenters. The van der Waals surface area contributed by atoms with Gasteiger partial charge in [0.1, 0.15) is 0 Å². The lowest BCUT2D eigenvalue weighted by molar-refractivity contribution is 1.07. The highest BCUT2D eigenvalue weighted by Gasteiger charge is 2.16. The summed E-state index contributed by atoms with van der Waals surface area (Å²) in [6.07, 6.45) is 3.67. The van der Waals surface area contributed by atoms with Crippen LogP contribution in [-0.2, 0) is 0 Å². The van der Waals surface area contributed by atoms with Crippen LogP contribution in [0.1, 0.15) is 0 Å². The highest BCUT2D eigenvalue weighted by atomic mass is 15.0. The van der Waals surface area contributed by atoms with Crippen LogP contribution in [0.5, 0.6) is 0 Å². The zero-order valence-corrected chi connectivity index (χ0v) is 36.9. The number of hydrogen-bond donors (Lipinski definition) is 0. The van der Waals surface area contributed by atoms with Crippen molar-refractivity contribution in [2.75, 3.05) is 0 Å². The van der Waals surface area contributed by atoms with E-state index < -0.39 is 0 Å². The minimum atomic E-state index is 0.596. The summed E-state index contributed by atoms with van der Waals surface area (Å²) < 4.78 is 0. The van der Waals surface area contributed by atoms with Gasteiger partial charge in [0.2, 0.25) is 0 Å². The molecule has 0 amide bonds. The number of rotatable bonds is 9. The van der Waals surface area contributed by atoms with Crippen molar-refractivity contribution in [3.63, 3.8) is 0 Å². The summed E-state index contributed by atoms with van der Waals surface area (Å²) in [7, 11) is 0. The van der Waals surface area contributed by atoms with E-state index in [0.29, 0.717) is 17.5 Å². The second kappa shape index (κ2) is 17.7. The van der Waals surface area contributed by atoms with Crippen molar-refractivity contribution in [2.24, 2.45) is 0 Å². The quantitative estimate of drug-likeness (QED) is 0.145. The Morgan fingerprint density at radius 3 is 0.926 bits per heavy atom. The molecule has 9 aromatic carbocycles. The second-order valence-electron chi connectivity index (χ2n) is 17.0. The Morgan fingerprint density at radius 2 is 0.500 bits per heavy atom. The maximum Gasteiger partial charge on any atom is 0.164 e. The van der Waals surface area contributed by atoms with E-state index in [9.17, 15) is 0 Å². The molecule has 0 radical (unpaired) electrons. The van der Waals surface area contributed by atoms with Crippen molar-refractivity contribution < 1.29 is 0 Å². The van der Waals surface area contributed by atoms with E-state index in [1.54, 1.807) is 0 Å². The Kier molecular flexibility index (Phi) is 10.5. The molecule has 0 fully saturated rings. The maximum absolute atomic E-state index is 5.26. The molecular weight excluding hydrogens is 827 g/mol. The Bertz CT molecular complexity index is 3610.